The van der Waals surface area contributed by atoms with Gasteiger partial charge in [-0.15, -0.1) is 0 Å². The number of hydrogen-bond acceptors (Lipinski definition) is 4. The van der Waals surface area contributed by atoms with Crippen molar-refractivity contribution in [3.8, 4) is 0 Å². The van der Waals surface area contributed by atoms with Gasteiger partial charge in [0.2, 0.25) is 0 Å². The molecule has 2 saturated heterocycles. The number of likely N-dealkylation sites (tertiary alicyclic amines) is 1. The Labute approximate surface area is 121 Å². The van der Waals surface area contributed by atoms with Crippen LogP contribution in [0.15, 0.2) is 12.1 Å². The predicted octanol–water partition coefficient (Wildman–Crippen LogP) is 2.08. The minimum atomic E-state index is 0.457. The molecule has 0 amide bonds. The molecule has 3 rings (SSSR count). The first kappa shape index (κ1) is 13.6. The van der Waals surface area contributed by atoms with Crippen molar-refractivity contribution >= 4 is 17.1 Å². The molecule has 1 unspecified atom stereocenters. The van der Waals surface area contributed by atoms with E-state index in [9.17, 15) is 0 Å². The van der Waals surface area contributed by atoms with E-state index in [4.69, 9.17) is 11.5 Å². The Hall–Kier alpha value is -1.42. The average Bonchev–Trinajstić information content (AvgIpc) is 2.75. The maximum Gasteiger partial charge on any atom is 0.0620 e. The van der Waals surface area contributed by atoms with Crippen LogP contribution in [0.1, 0.15) is 24.8 Å². The van der Waals surface area contributed by atoms with Crippen molar-refractivity contribution in [3.05, 3.63) is 17.7 Å². The van der Waals surface area contributed by atoms with Crippen LogP contribution in [0, 0.1) is 12.3 Å². The summed E-state index contributed by atoms with van der Waals surface area (Å²) in [7, 11) is 2.23. The van der Waals surface area contributed by atoms with Crippen LogP contribution in [0.5, 0.6) is 0 Å². The maximum absolute atomic E-state index is 6.23. The monoisotopic (exact) mass is 274 g/mol. The van der Waals surface area contributed by atoms with Gasteiger partial charge in [0.15, 0.2) is 0 Å². The summed E-state index contributed by atoms with van der Waals surface area (Å²) in [5.74, 6) is 0. The standard InChI is InChI=1S/C16H26N4/c1-12-8-14(18)15(9-13(12)17)20-6-3-4-16(11-20)5-7-19(2)10-16/h8-9H,3-7,10-11,17-18H2,1-2H3. The number of piperidine rings is 1. The highest BCUT2D eigenvalue weighted by atomic mass is 15.2. The molecule has 0 saturated carbocycles. The molecule has 0 bridgehead atoms. The van der Waals surface area contributed by atoms with Gasteiger partial charge in [0, 0.05) is 30.7 Å². The largest absolute Gasteiger partial charge is 0.398 e. The smallest absolute Gasteiger partial charge is 0.0620 e. The molecule has 4 nitrogen and oxygen atoms in total. The Morgan fingerprint density at radius 1 is 1.05 bits per heavy atom. The normalized spacial score (nSPS) is 27.4. The van der Waals surface area contributed by atoms with Crippen molar-refractivity contribution in [1.82, 2.24) is 4.90 Å². The molecule has 4 heteroatoms. The maximum atomic E-state index is 6.23. The highest BCUT2D eigenvalue weighted by Crippen LogP contribution is 2.41. The zero-order valence-corrected chi connectivity index (χ0v) is 12.7. The number of nitrogens with two attached hydrogens (primary N) is 2. The van der Waals surface area contributed by atoms with Gasteiger partial charge in [-0.2, -0.15) is 0 Å². The highest BCUT2D eigenvalue weighted by molar-refractivity contribution is 5.74. The van der Waals surface area contributed by atoms with E-state index in [1.54, 1.807) is 0 Å². The first-order chi connectivity index (χ1) is 9.49. The second-order valence-corrected chi connectivity index (χ2v) is 6.78. The fourth-order valence-electron chi connectivity index (χ4n) is 3.91. The van der Waals surface area contributed by atoms with Crippen molar-refractivity contribution in [3.63, 3.8) is 0 Å². The molecule has 1 spiro atoms. The fourth-order valence-corrected chi connectivity index (χ4v) is 3.91. The number of anilines is 3. The lowest BCUT2D eigenvalue weighted by Crippen LogP contribution is -2.45. The quantitative estimate of drug-likeness (QED) is 0.770. The topological polar surface area (TPSA) is 58.5 Å². The van der Waals surface area contributed by atoms with Gasteiger partial charge in [-0.05, 0) is 57.5 Å². The van der Waals surface area contributed by atoms with E-state index in [1.165, 1.54) is 32.4 Å². The van der Waals surface area contributed by atoms with Crippen LogP contribution in [0.25, 0.3) is 0 Å². The molecule has 1 aromatic carbocycles. The van der Waals surface area contributed by atoms with Gasteiger partial charge in [0.05, 0.1) is 11.4 Å². The average molecular weight is 274 g/mol. The number of hydrogen-bond donors (Lipinski definition) is 2. The van der Waals surface area contributed by atoms with Gasteiger partial charge < -0.3 is 21.3 Å². The van der Waals surface area contributed by atoms with Gasteiger partial charge in [-0.3, -0.25) is 0 Å². The van der Waals surface area contributed by atoms with Gasteiger partial charge in [0.25, 0.3) is 0 Å². The lowest BCUT2D eigenvalue weighted by atomic mass is 9.79. The molecule has 2 aliphatic heterocycles. The van der Waals surface area contributed by atoms with Crippen LogP contribution in [-0.2, 0) is 0 Å². The van der Waals surface area contributed by atoms with E-state index in [0.717, 1.165) is 35.7 Å². The molecule has 2 heterocycles. The van der Waals surface area contributed by atoms with Gasteiger partial charge in [0.1, 0.15) is 0 Å². The Bertz CT molecular complexity index is 509. The molecular weight excluding hydrogens is 248 g/mol. The fraction of sp³-hybridized carbons (Fsp3) is 0.625. The third-order valence-electron chi connectivity index (χ3n) is 5.05. The van der Waals surface area contributed by atoms with E-state index >= 15 is 0 Å². The number of aryl methyl sites for hydroxylation is 1. The molecule has 110 valence electrons. The summed E-state index contributed by atoms with van der Waals surface area (Å²) >= 11 is 0. The van der Waals surface area contributed by atoms with Crippen LogP contribution in [-0.4, -0.2) is 38.1 Å². The van der Waals surface area contributed by atoms with Gasteiger partial charge >= 0.3 is 0 Å². The van der Waals surface area contributed by atoms with Crippen molar-refractivity contribution in [1.29, 1.82) is 0 Å². The molecule has 2 fully saturated rings. The van der Waals surface area contributed by atoms with Crippen LogP contribution in [0.4, 0.5) is 17.1 Å². The summed E-state index contributed by atoms with van der Waals surface area (Å²) in [5, 5.41) is 0. The van der Waals surface area contributed by atoms with Crippen molar-refractivity contribution < 1.29 is 0 Å². The van der Waals surface area contributed by atoms with Crippen molar-refractivity contribution in [2.45, 2.75) is 26.2 Å². The Morgan fingerprint density at radius 3 is 2.55 bits per heavy atom. The number of rotatable bonds is 1. The summed E-state index contributed by atoms with van der Waals surface area (Å²) in [4.78, 5) is 4.91. The third-order valence-corrected chi connectivity index (χ3v) is 5.05. The second kappa shape index (κ2) is 4.85. The first-order valence-electron chi connectivity index (χ1n) is 7.58. The first-order valence-corrected chi connectivity index (χ1v) is 7.58. The number of benzene rings is 1. The Balaban J connectivity index is 1.86. The molecular formula is C16H26N4. The van der Waals surface area contributed by atoms with E-state index < -0.39 is 0 Å². The molecule has 0 radical (unpaired) electrons. The minimum absolute atomic E-state index is 0.457. The number of nitrogens with zero attached hydrogens (tertiary/aromatic N) is 2. The van der Waals surface area contributed by atoms with E-state index in [2.05, 4.69) is 22.9 Å². The summed E-state index contributed by atoms with van der Waals surface area (Å²) in [6, 6.07) is 4.06. The highest BCUT2D eigenvalue weighted by Gasteiger charge is 2.40. The molecule has 0 aromatic heterocycles. The molecule has 0 aliphatic carbocycles. The molecule has 2 aliphatic rings. The van der Waals surface area contributed by atoms with Crippen molar-refractivity contribution in [2.24, 2.45) is 5.41 Å². The SMILES string of the molecule is Cc1cc(N)c(N2CCCC3(CCN(C)C3)C2)cc1N. The van der Waals surface area contributed by atoms with Gasteiger partial charge in [-0.1, -0.05) is 0 Å². The van der Waals surface area contributed by atoms with Crippen LogP contribution < -0.4 is 16.4 Å². The van der Waals surface area contributed by atoms with Crippen LogP contribution >= 0.6 is 0 Å². The Kier molecular flexibility index (Phi) is 3.28. The minimum Gasteiger partial charge on any atom is -0.398 e. The molecule has 4 N–H and O–H groups in total. The summed E-state index contributed by atoms with van der Waals surface area (Å²) in [6.07, 6.45) is 3.90. The summed E-state index contributed by atoms with van der Waals surface area (Å²) in [6.45, 7) is 6.66. The second-order valence-electron chi connectivity index (χ2n) is 6.78. The molecule has 1 aromatic rings. The van der Waals surface area contributed by atoms with Gasteiger partial charge in [-0.25, -0.2) is 0 Å². The van der Waals surface area contributed by atoms with Crippen molar-refractivity contribution in [2.75, 3.05) is 49.6 Å². The van der Waals surface area contributed by atoms with E-state index in [0.29, 0.717) is 5.41 Å². The molecule has 20 heavy (non-hydrogen) atoms. The molecule has 1 atom stereocenters. The lowest BCUT2D eigenvalue weighted by molar-refractivity contribution is 0.234. The Morgan fingerprint density at radius 2 is 1.85 bits per heavy atom. The predicted molar refractivity (Wildman–Crippen MR) is 86.0 cm³/mol. The summed E-state index contributed by atoms with van der Waals surface area (Å²) < 4.78 is 0. The number of nitrogen functional groups attached to an aromatic ring is 2. The zero-order valence-electron chi connectivity index (χ0n) is 12.7. The van der Waals surface area contributed by atoms with Crippen LogP contribution in [0.3, 0.4) is 0 Å². The van der Waals surface area contributed by atoms with Crippen LogP contribution in [0.2, 0.25) is 0 Å². The third kappa shape index (κ3) is 2.33. The zero-order chi connectivity index (χ0) is 14.3. The van der Waals surface area contributed by atoms with E-state index in [1.807, 2.05) is 13.0 Å². The summed E-state index contributed by atoms with van der Waals surface area (Å²) in [5.41, 5.74) is 16.7. The lowest BCUT2D eigenvalue weighted by Gasteiger charge is -2.42. The van der Waals surface area contributed by atoms with E-state index in [-0.39, 0.29) is 0 Å².